The molecule has 2 aromatic rings. The Labute approximate surface area is 207 Å². The third-order valence-electron chi connectivity index (χ3n) is 4.48. The molecule has 0 radical (unpaired) electrons. The van der Waals surface area contributed by atoms with Gasteiger partial charge in [-0.15, -0.1) is 0 Å². The van der Waals surface area contributed by atoms with Crippen molar-refractivity contribution in [2.24, 2.45) is 5.92 Å². The Hall–Kier alpha value is -3.59. The number of ether oxygens (including phenoxy) is 2. The van der Waals surface area contributed by atoms with Crippen molar-refractivity contribution in [1.82, 2.24) is 20.9 Å². The summed E-state index contributed by atoms with van der Waals surface area (Å²) in [5, 5.41) is 2.67. The normalized spacial score (nSPS) is 11.2. The van der Waals surface area contributed by atoms with E-state index in [0.717, 1.165) is 11.1 Å². The second-order valence-corrected chi connectivity index (χ2v) is 9.53. The number of rotatable bonds is 9. The highest BCUT2D eigenvalue weighted by Crippen LogP contribution is 2.09. The average molecular weight is 485 g/mol. The molecule has 0 aliphatic rings. The first kappa shape index (κ1) is 27.7. The highest BCUT2D eigenvalue weighted by atomic mass is 16.6. The largest absolute Gasteiger partial charge is 0.443 e. The van der Waals surface area contributed by atoms with Crippen molar-refractivity contribution in [2.75, 3.05) is 13.1 Å². The van der Waals surface area contributed by atoms with E-state index in [0.29, 0.717) is 6.54 Å². The van der Waals surface area contributed by atoms with Crippen molar-refractivity contribution < 1.29 is 23.9 Å². The molecule has 2 N–H and O–H groups in total. The number of hydrazine groups is 2. The molecular weight excluding hydrogens is 448 g/mol. The van der Waals surface area contributed by atoms with Gasteiger partial charge in [0.25, 0.3) is 5.91 Å². The quantitative estimate of drug-likeness (QED) is 0.516. The summed E-state index contributed by atoms with van der Waals surface area (Å²) in [5.74, 6) is -0.272. The van der Waals surface area contributed by atoms with Gasteiger partial charge >= 0.3 is 12.2 Å². The van der Waals surface area contributed by atoms with E-state index >= 15 is 0 Å². The first-order valence-corrected chi connectivity index (χ1v) is 11.6. The highest BCUT2D eigenvalue weighted by molar-refractivity contribution is 5.81. The Balaban J connectivity index is 2.09. The minimum Gasteiger partial charge on any atom is -0.443 e. The van der Waals surface area contributed by atoms with Crippen LogP contribution in [0.3, 0.4) is 0 Å². The van der Waals surface area contributed by atoms with E-state index in [9.17, 15) is 14.4 Å². The topological polar surface area (TPSA) is 100 Å². The number of carbonyl (C=O) groups excluding carboxylic acids is 3. The summed E-state index contributed by atoms with van der Waals surface area (Å²) in [6, 6.07) is 18.5. The Morgan fingerprint density at radius 3 is 1.97 bits per heavy atom. The van der Waals surface area contributed by atoms with Gasteiger partial charge in [0, 0.05) is 6.54 Å². The Kier molecular flexibility index (Phi) is 10.5. The van der Waals surface area contributed by atoms with Crippen LogP contribution in [-0.2, 0) is 27.4 Å². The lowest BCUT2D eigenvalue weighted by Gasteiger charge is -2.29. The van der Waals surface area contributed by atoms with Crippen molar-refractivity contribution >= 4 is 18.1 Å². The van der Waals surface area contributed by atoms with Crippen LogP contribution in [0.15, 0.2) is 60.7 Å². The summed E-state index contributed by atoms with van der Waals surface area (Å²) in [4.78, 5) is 38.0. The van der Waals surface area contributed by atoms with E-state index in [4.69, 9.17) is 9.47 Å². The number of nitrogens with one attached hydrogen (secondary N) is 2. The predicted octanol–water partition coefficient (Wildman–Crippen LogP) is 4.25. The maximum atomic E-state index is 13.2. The van der Waals surface area contributed by atoms with Gasteiger partial charge in [0.2, 0.25) is 0 Å². The van der Waals surface area contributed by atoms with Crippen molar-refractivity contribution in [3.05, 3.63) is 71.8 Å². The lowest BCUT2D eigenvalue weighted by Crippen LogP contribution is -2.54. The SMILES string of the molecule is CC(C)CN(CC(=O)N(Cc1ccccc1)NC(=O)OCc1ccccc1)NC(=O)OC(C)(C)C. The molecule has 0 unspecified atom stereocenters. The number of hydrogen-bond donors (Lipinski definition) is 2. The molecule has 0 spiro atoms. The number of hydrogen-bond acceptors (Lipinski definition) is 6. The zero-order valence-electron chi connectivity index (χ0n) is 21.1. The molecule has 0 fully saturated rings. The first-order chi connectivity index (χ1) is 16.5. The fourth-order valence-electron chi connectivity index (χ4n) is 3.09. The van der Waals surface area contributed by atoms with Crippen LogP contribution in [0.4, 0.5) is 9.59 Å². The van der Waals surface area contributed by atoms with Crippen molar-refractivity contribution in [3.63, 3.8) is 0 Å². The summed E-state index contributed by atoms with van der Waals surface area (Å²) in [6.07, 6.45) is -1.41. The van der Waals surface area contributed by atoms with E-state index in [1.807, 2.05) is 74.5 Å². The molecule has 0 bridgehead atoms. The van der Waals surface area contributed by atoms with Crippen molar-refractivity contribution in [2.45, 2.75) is 53.4 Å². The lowest BCUT2D eigenvalue weighted by molar-refractivity contribution is -0.136. The molecule has 9 nitrogen and oxygen atoms in total. The van der Waals surface area contributed by atoms with Gasteiger partial charge < -0.3 is 9.47 Å². The fourth-order valence-corrected chi connectivity index (χ4v) is 3.09. The van der Waals surface area contributed by atoms with Crippen LogP contribution >= 0.6 is 0 Å². The maximum Gasteiger partial charge on any atom is 0.426 e. The zero-order chi connectivity index (χ0) is 25.8. The molecule has 2 rings (SSSR count). The first-order valence-electron chi connectivity index (χ1n) is 11.6. The maximum absolute atomic E-state index is 13.2. The Morgan fingerprint density at radius 1 is 0.857 bits per heavy atom. The van der Waals surface area contributed by atoms with E-state index in [-0.39, 0.29) is 25.6 Å². The molecule has 3 amide bonds. The minimum atomic E-state index is -0.756. The smallest absolute Gasteiger partial charge is 0.426 e. The Bertz CT molecular complexity index is 945. The second-order valence-electron chi connectivity index (χ2n) is 9.53. The van der Waals surface area contributed by atoms with Gasteiger partial charge in [-0.2, -0.15) is 0 Å². The van der Waals surface area contributed by atoms with Crippen LogP contribution in [-0.4, -0.2) is 46.8 Å². The van der Waals surface area contributed by atoms with Crippen LogP contribution < -0.4 is 10.9 Å². The van der Waals surface area contributed by atoms with Crippen LogP contribution in [0.25, 0.3) is 0 Å². The van der Waals surface area contributed by atoms with Crippen LogP contribution in [0.5, 0.6) is 0 Å². The number of nitrogens with zero attached hydrogens (tertiary/aromatic N) is 2. The molecule has 9 heteroatoms. The molecule has 0 aliphatic heterocycles. The summed E-state index contributed by atoms with van der Waals surface area (Å²) in [5.41, 5.74) is 6.14. The molecule has 35 heavy (non-hydrogen) atoms. The van der Waals surface area contributed by atoms with Gasteiger partial charge in [-0.3, -0.25) is 10.2 Å². The third-order valence-corrected chi connectivity index (χ3v) is 4.48. The van der Waals surface area contributed by atoms with Gasteiger partial charge in [-0.05, 0) is 37.8 Å². The van der Waals surface area contributed by atoms with Crippen molar-refractivity contribution in [1.29, 1.82) is 0 Å². The third kappa shape index (κ3) is 11.4. The number of benzene rings is 2. The molecule has 0 saturated carbocycles. The minimum absolute atomic E-state index is 0.0692. The van der Waals surface area contributed by atoms with Crippen molar-refractivity contribution in [3.8, 4) is 0 Å². The van der Waals surface area contributed by atoms with Gasteiger partial charge in [-0.1, -0.05) is 74.5 Å². The molecular formula is C26H36N4O5. The van der Waals surface area contributed by atoms with E-state index < -0.39 is 23.7 Å². The molecule has 2 aromatic carbocycles. The van der Waals surface area contributed by atoms with E-state index in [2.05, 4.69) is 10.9 Å². The van der Waals surface area contributed by atoms with Crippen LogP contribution in [0, 0.1) is 5.92 Å². The molecule has 0 aliphatic carbocycles. The standard InChI is InChI=1S/C26H36N4O5/c1-20(2)16-29(27-25(33)35-26(3,4)5)18-23(31)30(17-21-12-8-6-9-13-21)28-24(32)34-19-22-14-10-7-11-15-22/h6-15,20H,16-19H2,1-5H3,(H,27,33)(H,28,32). The predicted molar refractivity (Wildman–Crippen MR) is 133 cm³/mol. The Morgan fingerprint density at radius 2 is 1.43 bits per heavy atom. The van der Waals surface area contributed by atoms with Gasteiger partial charge in [0.15, 0.2) is 0 Å². The summed E-state index contributed by atoms with van der Waals surface area (Å²) < 4.78 is 10.6. The van der Waals surface area contributed by atoms with E-state index in [1.165, 1.54) is 10.0 Å². The highest BCUT2D eigenvalue weighted by Gasteiger charge is 2.24. The average Bonchev–Trinajstić information content (AvgIpc) is 2.77. The monoisotopic (exact) mass is 484 g/mol. The summed E-state index contributed by atoms with van der Waals surface area (Å²) in [7, 11) is 0. The van der Waals surface area contributed by atoms with Crippen LogP contribution in [0.2, 0.25) is 0 Å². The lowest BCUT2D eigenvalue weighted by atomic mass is 10.2. The zero-order valence-corrected chi connectivity index (χ0v) is 21.1. The fraction of sp³-hybridized carbons (Fsp3) is 0.423. The summed E-state index contributed by atoms with van der Waals surface area (Å²) >= 11 is 0. The molecule has 0 aromatic heterocycles. The second kappa shape index (κ2) is 13.3. The van der Waals surface area contributed by atoms with Gasteiger partial charge in [0.1, 0.15) is 12.2 Å². The van der Waals surface area contributed by atoms with Gasteiger partial charge in [-0.25, -0.2) is 25.0 Å². The number of amides is 3. The molecule has 0 heterocycles. The molecule has 0 atom stereocenters. The molecule has 190 valence electrons. The summed E-state index contributed by atoms with van der Waals surface area (Å²) in [6.45, 7) is 9.64. The van der Waals surface area contributed by atoms with Crippen LogP contribution in [0.1, 0.15) is 45.7 Å². The van der Waals surface area contributed by atoms with Gasteiger partial charge in [0.05, 0.1) is 13.1 Å². The van der Waals surface area contributed by atoms with E-state index in [1.54, 1.807) is 20.8 Å². The number of carbonyl (C=O) groups is 3. The molecule has 0 saturated heterocycles.